The normalized spacial score (nSPS) is 17.1. The fraction of sp³-hybridized carbons (Fsp3) is 0.211. The van der Waals surface area contributed by atoms with E-state index in [0.717, 1.165) is 21.6 Å². The van der Waals surface area contributed by atoms with Crippen molar-refractivity contribution in [1.82, 2.24) is 4.90 Å². The summed E-state index contributed by atoms with van der Waals surface area (Å²) >= 11 is 0. The second kappa shape index (κ2) is 6.28. The van der Waals surface area contributed by atoms with Crippen molar-refractivity contribution in [2.45, 2.75) is 19.4 Å². The van der Waals surface area contributed by atoms with Crippen LogP contribution in [0.2, 0.25) is 0 Å². The minimum Gasteiger partial charge on any atom is -0.480 e. The van der Waals surface area contributed by atoms with E-state index in [-0.39, 0.29) is 18.7 Å². The number of carbonyl (C=O) groups is 3. The third-order valence-corrected chi connectivity index (χ3v) is 4.28. The van der Waals surface area contributed by atoms with Gasteiger partial charge < -0.3 is 10.0 Å². The molecule has 0 radical (unpaired) electrons. The number of aryl methyl sites for hydroxylation is 1. The van der Waals surface area contributed by atoms with E-state index in [1.54, 1.807) is 12.1 Å². The van der Waals surface area contributed by atoms with Crippen LogP contribution in [-0.4, -0.2) is 40.3 Å². The number of ketones is 1. The Morgan fingerprint density at radius 3 is 2.38 bits per heavy atom. The summed E-state index contributed by atoms with van der Waals surface area (Å²) in [7, 11) is 0. The quantitative estimate of drug-likeness (QED) is 0.942. The van der Waals surface area contributed by atoms with Crippen molar-refractivity contribution in [3.8, 4) is 11.1 Å². The molecule has 122 valence electrons. The molecular formula is C19H17NO4. The van der Waals surface area contributed by atoms with E-state index in [1.807, 2.05) is 43.3 Å². The SMILES string of the molecule is Cc1ccccc1-c1ccc(C(=O)N2CC(=O)CC2C(=O)O)cc1. The molecule has 3 rings (SSSR count). The zero-order chi connectivity index (χ0) is 17.3. The van der Waals surface area contributed by atoms with Crippen molar-refractivity contribution < 1.29 is 19.5 Å². The van der Waals surface area contributed by atoms with Crippen molar-refractivity contribution in [1.29, 1.82) is 0 Å². The number of nitrogens with zero attached hydrogens (tertiary/aromatic N) is 1. The Kier molecular flexibility index (Phi) is 4.16. The van der Waals surface area contributed by atoms with Gasteiger partial charge in [-0.3, -0.25) is 9.59 Å². The lowest BCUT2D eigenvalue weighted by atomic mass is 9.99. The van der Waals surface area contributed by atoms with Crippen LogP contribution in [0.15, 0.2) is 48.5 Å². The number of carbonyl (C=O) groups excluding carboxylic acids is 2. The number of hydrogen-bond donors (Lipinski definition) is 1. The standard InChI is InChI=1S/C19H17NO4/c1-12-4-2-3-5-16(12)13-6-8-14(9-7-13)18(22)20-11-15(21)10-17(20)19(23)24/h2-9,17H,10-11H2,1H3,(H,23,24). The molecule has 1 N–H and O–H groups in total. The summed E-state index contributed by atoms with van der Waals surface area (Å²) in [6.07, 6.45) is -0.123. The highest BCUT2D eigenvalue weighted by Crippen LogP contribution is 2.24. The molecule has 5 heteroatoms. The van der Waals surface area contributed by atoms with Gasteiger partial charge in [0.15, 0.2) is 5.78 Å². The predicted molar refractivity (Wildman–Crippen MR) is 88.7 cm³/mol. The van der Waals surface area contributed by atoms with Gasteiger partial charge in [-0.25, -0.2) is 4.79 Å². The molecular weight excluding hydrogens is 306 g/mol. The summed E-state index contributed by atoms with van der Waals surface area (Å²) < 4.78 is 0. The second-order valence-electron chi connectivity index (χ2n) is 5.92. The van der Waals surface area contributed by atoms with Crippen molar-refractivity contribution in [3.05, 3.63) is 59.7 Å². The average Bonchev–Trinajstić information content (AvgIpc) is 2.97. The molecule has 0 spiro atoms. The maximum absolute atomic E-state index is 12.5. The van der Waals surface area contributed by atoms with E-state index >= 15 is 0 Å². The molecule has 1 aliphatic rings. The van der Waals surface area contributed by atoms with Gasteiger partial charge in [0, 0.05) is 12.0 Å². The van der Waals surface area contributed by atoms with Crippen LogP contribution >= 0.6 is 0 Å². The lowest BCUT2D eigenvalue weighted by Crippen LogP contribution is -2.40. The van der Waals surface area contributed by atoms with E-state index in [0.29, 0.717) is 5.56 Å². The van der Waals surface area contributed by atoms with Crippen LogP contribution in [0.3, 0.4) is 0 Å². The minimum absolute atomic E-state index is 0.123. The average molecular weight is 323 g/mol. The van der Waals surface area contributed by atoms with Gasteiger partial charge in [-0.1, -0.05) is 36.4 Å². The zero-order valence-electron chi connectivity index (χ0n) is 13.2. The summed E-state index contributed by atoms with van der Waals surface area (Å²) in [6.45, 7) is 1.87. The summed E-state index contributed by atoms with van der Waals surface area (Å²) in [5.41, 5.74) is 3.58. The zero-order valence-corrected chi connectivity index (χ0v) is 13.2. The third-order valence-electron chi connectivity index (χ3n) is 4.28. The molecule has 1 saturated heterocycles. The van der Waals surface area contributed by atoms with Crippen molar-refractivity contribution in [2.75, 3.05) is 6.54 Å². The molecule has 24 heavy (non-hydrogen) atoms. The molecule has 1 fully saturated rings. The van der Waals surface area contributed by atoms with Crippen molar-refractivity contribution in [3.63, 3.8) is 0 Å². The fourth-order valence-corrected chi connectivity index (χ4v) is 2.98. The molecule has 1 amide bonds. The van der Waals surface area contributed by atoms with Crippen LogP contribution in [0, 0.1) is 6.92 Å². The van der Waals surface area contributed by atoms with Gasteiger partial charge in [-0.15, -0.1) is 0 Å². The first-order valence-corrected chi connectivity index (χ1v) is 7.69. The van der Waals surface area contributed by atoms with Crippen LogP contribution in [-0.2, 0) is 9.59 Å². The first-order chi connectivity index (χ1) is 11.5. The van der Waals surface area contributed by atoms with Crippen molar-refractivity contribution >= 4 is 17.7 Å². The fourth-order valence-electron chi connectivity index (χ4n) is 2.98. The van der Waals surface area contributed by atoms with Crippen LogP contribution in [0.4, 0.5) is 0 Å². The Hall–Kier alpha value is -2.95. The predicted octanol–water partition coefficient (Wildman–Crippen LogP) is 2.53. The third kappa shape index (κ3) is 2.93. The Morgan fingerprint density at radius 2 is 1.75 bits per heavy atom. The van der Waals surface area contributed by atoms with Gasteiger partial charge in [0.25, 0.3) is 5.91 Å². The van der Waals surface area contributed by atoms with Gasteiger partial charge in [-0.2, -0.15) is 0 Å². The summed E-state index contributed by atoms with van der Waals surface area (Å²) in [6, 6.07) is 13.9. The molecule has 1 aliphatic heterocycles. The van der Waals surface area contributed by atoms with Crippen LogP contribution < -0.4 is 0 Å². The number of rotatable bonds is 3. The van der Waals surface area contributed by atoms with Crippen LogP contribution in [0.25, 0.3) is 11.1 Å². The summed E-state index contributed by atoms with van der Waals surface area (Å²) in [5, 5.41) is 9.17. The molecule has 5 nitrogen and oxygen atoms in total. The van der Waals surface area contributed by atoms with E-state index in [4.69, 9.17) is 0 Å². The molecule has 1 unspecified atom stereocenters. The summed E-state index contributed by atoms with van der Waals surface area (Å²) in [5.74, 6) is -1.80. The molecule has 2 aromatic rings. The first kappa shape index (κ1) is 15.9. The number of hydrogen-bond acceptors (Lipinski definition) is 3. The Labute approximate surface area is 139 Å². The highest BCUT2D eigenvalue weighted by Gasteiger charge is 2.39. The molecule has 1 heterocycles. The molecule has 0 aliphatic carbocycles. The number of carboxylic acid groups (broad SMARTS) is 1. The van der Waals surface area contributed by atoms with Crippen LogP contribution in [0.1, 0.15) is 22.3 Å². The van der Waals surface area contributed by atoms with E-state index in [1.165, 1.54) is 0 Å². The van der Waals surface area contributed by atoms with Gasteiger partial charge in [0.05, 0.1) is 6.54 Å². The highest BCUT2D eigenvalue weighted by molar-refractivity contribution is 6.03. The number of likely N-dealkylation sites (tertiary alicyclic amines) is 1. The largest absolute Gasteiger partial charge is 0.480 e. The molecule has 0 saturated carbocycles. The number of amides is 1. The maximum Gasteiger partial charge on any atom is 0.326 e. The lowest BCUT2D eigenvalue weighted by Gasteiger charge is -2.20. The molecule has 0 aromatic heterocycles. The van der Waals surface area contributed by atoms with Crippen LogP contribution in [0.5, 0.6) is 0 Å². The Bertz CT molecular complexity index is 810. The van der Waals surface area contributed by atoms with Gasteiger partial charge in [0.2, 0.25) is 0 Å². The van der Waals surface area contributed by atoms with Crippen molar-refractivity contribution in [2.24, 2.45) is 0 Å². The molecule has 0 bridgehead atoms. The van der Waals surface area contributed by atoms with Gasteiger partial charge in [0.1, 0.15) is 6.04 Å². The Balaban J connectivity index is 1.86. The van der Waals surface area contributed by atoms with Gasteiger partial charge >= 0.3 is 5.97 Å². The van der Waals surface area contributed by atoms with E-state index in [2.05, 4.69) is 0 Å². The number of benzene rings is 2. The minimum atomic E-state index is -1.15. The lowest BCUT2D eigenvalue weighted by molar-refractivity contribution is -0.141. The first-order valence-electron chi connectivity index (χ1n) is 7.69. The number of Topliss-reactive ketones (excluding diaryl/α,β-unsaturated/α-hetero) is 1. The molecule has 2 aromatic carbocycles. The van der Waals surface area contributed by atoms with E-state index in [9.17, 15) is 19.5 Å². The smallest absolute Gasteiger partial charge is 0.326 e. The highest BCUT2D eigenvalue weighted by atomic mass is 16.4. The summed E-state index contributed by atoms with van der Waals surface area (Å²) in [4.78, 5) is 36.4. The monoisotopic (exact) mass is 323 g/mol. The number of aliphatic carboxylic acids is 1. The van der Waals surface area contributed by atoms with E-state index < -0.39 is 17.9 Å². The maximum atomic E-state index is 12.5. The Morgan fingerprint density at radius 1 is 1.08 bits per heavy atom. The topological polar surface area (TPSA) is 74.7 Å². The number of carboxylic acids is 1. The second-order valence-corrected chi connectivity index (χ2v) is 5.92. The molecule has 1 atom stereocenters. The van der Waals surface area contributed by atoms with Gasteiger partial charge in [-0.05, 0) is 35.7 Å².